The van der Waals surface area contributed by atoms with Gasteiger partial charge in [-0.2, -0.15) is 5.26 Å². The average Bonchev–Trinajstić information content (AvgIpc) is 2.68. The van der Waals surface area contributed by atoms with E-state index in [0.717, 1.165) is 0 Å². The molecule has 0 fully saturated rings. The summed E-state index contributed by atoms with van der Waals surface area (Å²) < 4.78 is 6.49. The molecule has 0 amide bonds. The van der Waals surface area contributed by atoms with Crippen LogP contribution in [0.3, 0.4) is 0 Å². The van der Waals surface area contributed by atoms with Crippen molar-refractivity contribution in [1.29, 1.82) is 5.26 Å². The molecular formula is C19H16N4O3. The number of fused-ring (bicyclic) bond motifs is 1. The summed E-state index contributed by atoms with van der Waals surface area (Å²) in [7, 11) is 1.69. The standard InChI is InChI=1S/C19H16N4O3/c1-3-26-19(25)16-15-6-4-5-11-23(15)18(24)14(12-20)17(16)22(2)13-7-9-21-10-8-13/h4-11H,3H2,1-2H3. The summed E-state index contributed by atoms with van der Waals surface area (Å²) in [5, 5.41) is 9.64. The maximum atomic E-state index is 12.8. The van der Waals surface area contributed by atoms with Crippen LogP contribution in [0.2, 0.25) is 0 Å². The number of ether oxygens (including phenoxy) is 1. The number of pyridine rings is 3. The molecule has 3 heterocycles. The topological polar surface area (TPSA) is 87.7 Å². The number of nitriles is 1. The Hall–Kier alpha value is -3.66. The Labute approximate surface area is 149 Å². The van der Waals surface area contributed by atoms with Crippen molar-refractivity contribution in [3.8, 4) is 6.07 Å². The first kappa shape index (κ1) is 17.2. The first-order chi connectivity index (χ1) is 12.6. The van der Waals surface area contributed by atoms with Crippen LogP contribution < -0.4 is 10.5 Å². The van der Waals surface area contributed by atoms with E-state index in [1.807, 2.05) is 6.07 Å². The van der Waals surface area contributed by atoms with E-state index in [-0.39, 0.29) is 23.4 Å². The molecule has 7 heteroatoms. The molecular weight excluding hydrogens is 332 g/mol. The SMILES string of the molecule is CCOC(=O)c1c(N(C)c2ccncc2)c(C#N)c(=O)n2ccccc12. The smallest absolute Gasteiger partial charge is 0.342 e. The predicted molar refractivity (Wildman–Crippen MR) is 96.6 cm³/mol. The molecule has 7 nitrogen and oxygen atoms in total. The summed E-state index contributed by atoms with van der Waals surface area (Å²) in [4.78, 5) is 31.1. The van der Waals surface area contributed by atoms with Crippen LogP contribution in [0, 0.1) is 11.3 Å². The van der Waals surface area contributed by atoms with Crippen molar-refractivity contribution in [2.75, 3.05) is 18.6 Å². The second kappa shape index (κ2) is 7.07. The highest BCUT2D eigenvalue weighted by molar-refractivity contribution is 6.05. The lowest BCUT2D eigenvalue weighted by Gasteiger charge is -2.24. The second-order valence-electron chi connectivity index (χ2n) is 5.46. The molecule has 0 atom stereocenters. The number of esters is 1. The lowest BCUT2D eigenvalue weighted by molar-refractivity contribution is 0.0529. The highest BCUT2D eigenvalue weighted by Gasteiger charge is 2.26. The number of hydrogen-bond donors (Lipinski definition) is 0. The molecule has 0 N–H and O–H groups in total. The van der Waals surface area contributed by atoms with Crippen molar-refractivity contribution >= 4 is 22.9 Å². The number of hydrogen-bond acceptors (Lipinski definition) is 6. The summed E-state index contributed by atoms with van der Waals surface area (Å²) in [6, 6.07) is 10.4. The molecule has 3 aromatic rings. The number of carbonyl (C=O) groups excluding carboxylic acids is 1. The average molecular weight is 348 g/mol. The molecule has 3 rings (SSSR count). The fraction of sp³-hybridized carbons (Fsp3) is 0.158. The third-order valence-electron chi connectivity index (χ3n) is 4.00. The minimum absolute atomic E-state index is 0.129. The van der Waals surface area contributed by atoms with Gasteiger partial charge in [-0.1, -0.05) is 6.07 Å². The third kappa shape index (κ3) is 2.78. The summed E-state index contributed by atoms with van der Waals surface area (Å²) in [6.07, 6.45) is 4.71. The number of anilines is 2. The quantitative estimate of drug-likeness (QED) is 0.673. The number of aromatic nitrogens is 2. The molecule has 0 saturated carbocycles. The molecule has 0 aliphatic carbocycles. The van der Waals surface area contributed by atoms with Crippen LogP contribution in [-0.4, -0.2) is 29.0 Å². The Morgan fingerprint density at radius 3 is 2.69 bits per heavy atom. The maximum absolute atomic E-state index is 12.8. The van der Waals surface area contributed by atoms with Crippen LogP contribution in [-0.2, 0) is 4.74 Å². The summed E-state index contributed by atoms with van der Waals surface area (Å²) >= 11 is 0. The first-order valence-electron chi connectivity index (χ1n) is 7.98. The van der Waals surface area contributed by atoms with Crippen molar-refractivity contribution in [3.63, 3.8) is 0 Å². The molecule has 0 aliphatic heterocycles. The van der Waals surface area contributed by atoms with Crippen molar-refractivity contribution in [1.82, 2.24) is 9.38 Å². The van der Waals surface area contributed by atoms with E-state index >= 15 is 0 Å². The Kier molecular flexibility index (Phi) is 4.67. The molecule has 26 heavy (non-hydrogen) atoms. The van der Waals surface area contributed by atoms with E-state index < -0.39 is 11.5 Å². The van der Waals surface area contributed by atoms with Crippen LogP contribution in [0.1, 0.15) is 22.8 Å². The van der Waals surface area contributed by atoms with Gasteiger partial charge in [-0.15, -0.1) is 0 Å². The van der Waals surface area contributed by atoms with Gasteiger partial charge in [-0.05, 0) is 31.2 Å². The van der Waals surface area contributed by atoms with Gasteiger partial charge in [0.05, 0.1) is 17.8 Å². The van der Waals surface area contributed by atoms with Crippen LogP contribution >= 0.6 is 0 Å². The van der Waals surface area contributed by atoms with E-state index in [0.29, 0.717) is 11.2 Å². The minimum atomic E-state index is -0.594. The van der Waals surface area contributed by atoms with Crippen LogP contribution in [0.5, 0.6) is 0 Å². The predicted octanol–water partition coefficient (Wildman–Crippen LogP) is 2.51. The third-order valence-corrected chi connectivity index (χ3v) is 4.00. The van der Waals surface area contributed by atoms with Gasteiger partial charge in [0, 0.05) is 31.3 Å². The van der Waals surface area contributed by atoms with Gasteiger partial charge in [0.15, 0.2) is 0 Å². The van der Waals surface area contributed by atoms with E-state index in [2.05, 4.69) is 4.98 Å². The number of carbonyl (C=O) groups is 1. The van der Waals surface area contributed by atoms with E-state index in [9.17, 15) is 14.9 Å². The van der Waals surface area contributed by atoms with Gasteiger partial charge in [-0.3, -0.25) is 14.2 Å². The highest BCUT2D eigenvalue weighted by Crippen LogP contribution is 2.31. The zero-order chi connectivity index (χ0) is 18.7. The van der Waals surface area contributed by atoms with Crippen molar-refractivity contribution in [2.24, 2.45) is 0 Å². The van der Waals surface area contributed by atoms with Gasteiger partial charge < -0.3 is 9.64 Å². The molecule has 0 aliphatic rings. The van der Waals surface area contributed by atoms with Crippen molar-refractivity contribution < 1.29 is 9.53 Å². The highest BCUT2D eigenvalue weighted by atomic mass is 16.5. The molecule has 0 bridgehead atoms. The molecule has 130 valence electrons. The Balaban J connectivity index is 2.43. The first-order valence-corrected chi connectivity index (χ1v) is 7.98. The van der Waals surface area contributed by atoms with Crippen molar-refractivity contribution in [2.45, 2.75) is 6.92 Å². The Morgan fingerprint density at radius 2 is 2.04 bits per heavy atom. The van der Waals surface area contributed by atoms with Gasteiger partial charge in [0.1, 0.15) is 17.2 Å². The van der Waals surface area contributed by atoms with Gasteiger partial charge in [-0.25, -0.2) is 4.79 Å². The fourth-order valence-corrected chi connectivity index (χ4v) is 2.83. The Bertz CT molecular complexity index is 1070. The summed E-state index contributed by atoms with van der Waals surface area (Å²) in [5.41, 5.74) is 0.826. The van der Waals surface area contributed by atoms with Gasteiger partial charge >= 0.3 is 5.97 Å². The molecule has 0 radical (unpaired) electrons. The zero-order valence-corrected chi connectivity index (χ0v) is 14.3. The van der Waals surface area contributed by atoms with Gasteiger partial charge in [0.25, 0.3) is 5.56 Å². The monoisotopic (exact) mass is 348 g/mol. The van der Waals surface area contributed by atoms with Crippen molar-refractivity contribution in [3.05, 3.63) is 70.4 Å². The number of rotatable bonds is 4. The molecule has 0 unspecified atom stereocenters. The largest absolute Gasteiger partial charge is 0.462 e. The molecule has 0 spiro atoms. The lowest BCUT2D eigenvalue weighted by atomic mass is 10.1. The maximum Gasteiger partial charge on any atom is 0.342 e. The van der Waals surface area contributed by atoms with Crippen LogP contribution in [0.25, 0.3) is 5.52 Å². The number of nitrogens with zero attached hydrogens (tertiary/aromatic N) is 4. The molecule has 0 saturated heterocycles. The fourth-order valence-electron chi connectivity index (χ4n) is 2.83. The minimum Gasteiger partial charge on any atom is -0.462 e. The lowest BCUT2D eigenvalue weighted by Crippen LogP contribution is -2.26. The zero-order valence-electron chi connectivity index (χ0n) is 14.3. The summed E-state index contributed by atoms with van der Waals surface area (Å²) in [6.45, 7) is 1.88. The summed E-state index contributed by atoms with van der Waals surface area (Å²) in [5.74, 6) is -0.594. The van der Waals surface area contributed by atoms with E-state index in [4.69, 9.17) is 4.74 Å². The van der Waals surface area contributed by atoms with Crippen LogP contribution in [0.4, 0.5) is 11.4 Å². The van der Waals surface area contributed by atoms with E-state index in [1.165, 1.54) is 10.6 Å². The van der Waals surface area contributed by atoms with Crippen LogP contribution in [0.15, 0.2) is 53.7 Å². The molecule has 0 aromatic carbocycles. The van der Waals surface area contributed by atoms with Gasteiger partial charge in [0.2, 0.25) is 0 Å². The second-order valence-corrected chi connectivity index (χ2v) is 5.46. The normalized spacial score (nSPS) is 10.3. The Morgan fingerprint density at radius 1 is 1.31 bits per heavy atom. The molecule has 3 aromatic heterocycles. The van der Waals surface area contributed by atoms with E-state index in [1.54, 1.807) is 61.6 Å².